The summed E-state index contributed by atoms with van der Waals surface area (Å²) in [5.74, 6) is 0.104. The molecular formula is C16H13Cl2N3O2S. The van der Waals surface area contributed by atoms with Gasteiger partial charge >= 0.3 is 0 Å². The van der Waals surface area contributed by atoms with E-state index < -0.39 is 6.10 Å². The van der Waals surface area contributed by atoms with E-state index in [2.05, 4.69) is 10.3 Å². The van der Waals surface area contributed by atoms with Crippen LogP contribution in [0.4, 0.5) is 10.8 Å². The molecule has 5 nitrogen and oxygen atoms in total. The topological polar surface area (TPSA) is 77.2 Å². The van der Waals surface area contributed by atoms with Crippen LogP contribution in [-0.4, -0.2) is 17.0 Å². The zero-order valence-electron chi connectivity index (χ0n) is 12.5. The number of fused-ring (bicyclic) bond motifs is 1. The molecule has 24 heavy (non-hydrogen) atoms. The molecule has 0 fully saturated rings. The van der Waals surface area contributed by atoms with E-state index in [9.17, 15) is 4.79 Å². The summed E-state index contributed by atoms with van der Waals surface area (Å²) in [6.45, 7) is 1.64. The number of amides is 1. The highest BCUT2D eigenvalue weighted by Gasteiger charge is 2.17. The molecule has 0 saturated heterocycles. The van der Waals surface area contributed by atoms with Crippen LogP contribution in [0.1, 0.15) is 6.92 Å². The second kappa shape index (κ2) is 6.84. The summed E-state index contributed by atoms with van der Waals surface area (Å²) >= 11 is 13.2. The lowest BCUT2D eigenvalue weighted by Gasteiger charge is -2.15. The number of carbonyl (C=O) groups is 1. The largest absolute Gasteiger partial charge is 0.479 e. The lowest BCUT2D eigenvalue weighted by molar-refractivity contribution is -0.122. The van der Waals surface area contributed by atoms with Crippen molar-refractivity contribution in [3.8, 4) is 5.75 Å². The fraction of sp³-hybridized carbons (Fsp3) is 0.125. The van der Waals surface area contributed by atoms with E-state index in [4.69, 9.17) is 33.7 Å². The molecule has 0 aliphatic rings. The smallest absolute Gasteiger partial charge is 0.265 e. The van der Waals surface area contributed by atoms with Gasteiger partial charge in [-0.05, 0) is 43.3 Å². The number of rotatable bonds is 4. The van der Waals surface area contributed by atoms with Gasteiger partial charge in [0.05, 0.1) is 15.2 Å². The van der Waals surface area contributed by atoms with Crippen LogP contribution in [0.25, 0.3) is 10.2 Å². The van der Waals surface area contributed by atoms with Crippen molar-refractivity contribution in [1.29, 1.82) is 0 Å². The average molecular weight is 382 g/mol. The fourth-order valence-electron chi connectivity index (χ4n) is 2.08. The van der Waals surface area contributed by atoms with Gasteiger partial charge in [0.1, 0.15) is 5.75 Å². The fourth-order valence-corrected chi connectivity index (χ4v) is 3.31. The molecule has 1 unspecified atom stereocenters. The van der Waals surface area contributed by atoms with Crippen molar-refractivity contribution < 1.29 is 9.53 Å². The molecule has 2 aromatic carbocycles. The van der Waals surface area contributed by atoms with Crippen molar-refractivity contribution in [2.24, 2.45) is 0 Å². The maximum absolute atomic E-state index is 12.3. The van der Waals surface area contributed by atoms with Gasteiger partial charge in [0, 0.05) is 10.7 Å². The highest BCUT2D eigenvalue weighted by Crippen LogP contribution is 2.29. The lowest BCUT2D eigenvalue weighted by atomic mass is 10.2. The van der Waals surface area contributed by atoms with Gasteiger partial charge in [0.2, 0.25) is 0 Å². The Balaban J connectivity index is 1.70. The molecule has 0 aliphatic heterocycles. The van der Waals surface area contributed by atoms with Crippen molar-refractivity contribution in [1.82, 2.24) is 4.98 Å². The third-order valence-corrected chi connectivity index (χ3v) is 4.62. The third kappa shape index (κ3) is 3.72. The molecule has 3 N–H and O–H groups in total. The highest BCUT2D eigenvalue weighted by molar-refractivity contribution is 7.22. The summed E-state index contributed by atoms with van der Waals surface area (Å²) in [7, 11) is 0. The maximum atomic E-state index is 12.3. The number of benzene rings is 2. The van der Waals surface area contributed by atoms with Gasteiger partial charge in [0.25, 0.3) is 5.91 Å². The summed E-state index contributed by atoms with van der Waals surface area (Å²) in [5.41, 5.74) is 7.12. The number of aromatic nitrogens is 1. The number of nitrogens with two attached hydrogens (primary N) is 1. The van der Waals surface area contributed by atoms with Crippen molar-refractivity contribution in [3.05, 3.63) is 46.4 Å². The number of ether oxygens (including phenoxy) is 1. The van der Waals surface area contributed by atoms with Gasteiger partial charge in [-0.2, -0.15) is 0 Å². The van der Waals surface area contributed by atoms with Crippen molar-refractivity contribution >= 4 is 61.5 Å². The Bertz CT molecular complexity index is 913. The molecule has 1 aromatic heterocycles. The minimum Gasteiger partial charge on any atom is -0.479 e. The SMILES string of the molecule is CC(Oc1ccc(Cl)cc1Cl)C(=O)Nc1ccc2nc(N)sc2c1. The summed E-state index contributed by atoms with van der Waals surface area (Å²) in [4.78, 5) is 16.5. The first-order chi connectivity index (χ1) is 11.4. The molecule has 3 aromatic rings. The minimum atomic E-state index is -0.731. The first-order valence-electron chi connectivity index (χ1n) is 7.01. The Kier molecular flexibility index (Phi) is 4.80. The van der Waals surface area contributed by atoms with E-state index in [0.29, 0.717) is 26.6 Å². The normalized spacial score (nSPS) is 12.1. The number of nitrogens with one attached hydrogen (secondary N) is 1. The van der Waals surface area contributed by atoms with Gasteiger partial charge < -0.3 is 15.8 Å². The van der Waals surface area contributed by atoms with E-state index in [1.165, 1.54) is 11.3 Å². The van der Waals surface area contributed by atoms with E-state index in [1.807, 2.05) is 6.07 Å². The maximum Gasteiger partial charge on any atom is 0.265 e. The van der Waals surface area contributed by atoms with E-state index in [0.717, 1.165) is 10.2 Å². The zero-order chi connectivity index (χ0) is 17.3. The van der Waals surface area contributed by atoms with Gasteiger partial charge in [-0.15, -0.1) is 0 Å². The number of hydrogen-bond acceptors (Lipinski definition) is 5. The van der Waals surface area contributed by atoms with Crippen LogP contribution in [0.5, 0.6) is 5.75 Å². The Hall–Kier alpha value is -2.02. The summed E-state index contributed by atoms with van der Waals surface area (Å²) in [5, 5.41) is 4.14. The lowest BCUT2D eigenvalue weighted by Crippen LogP contribution is -2.30. The summed E-state index contributed by atoms with van der Waals surface area (Å²) in [6.07, 6.45) is -0.731. The number of hydrogen-bond donors (Lipinski definition) is 2. The molecule has 8 heteroatoms. The number of thiazole rings is 1. The Morgan fingerprint density at radius 2 is 2.08 bits per heavy atom. The van der Waals surface area contributed by atoms with Crippen molar-refractivity contribution in [2.75, 3.05) is 11.1 Å². The predicted molar refractivity (Wildman–Crippen MR) is 99.2 cm³/mol. The number of nitrogens with zero attached hydrogens (tertiary/aromatic N) is 1. The molecule has 0 saturated carbocycles. The Morgan fingerprint density at radius 3 is 2.83 bits per heavy atom. The molecule has 1 atom stereocenters. The molecule has 0 spiro atoms. The van der Waals surface area contributed by atoms with Crippen molar-refractivity contribution in [3.63, 3.8) is 0 Å². The van der Waals surface area contributed by atoms with Crippen LogP contribution >= 0.6 is 34.5 Å². The molecule has 0 radical (unpaired) electrons. The van der Waals surface area contributed by atoms with Crippen LogP contribution < -0.4 is 15.8 Å². The second-order valence-corrected chi connectivity index (χ2v) is 6.96. The molecular weight excluding hydrogens is 369 g/mol. The quantitative estimate of drug-likeness (QED) is 0.692. The molecule has 1 amide bonds. The molecule has 0 aliphatic carbocycles. The minimum absolute atomic E-state index is 0.294. The summed E-state index contributed by atoms with van der Waals surface area (Å²) in [6, 6.07) is 10.2. The van der Waals surface area contributed by atoms with Crippen LogP contribution in [0.3, 0.4) is 0 Å². The number of halogens is 2. The zero-order valence-corrected chi connectivity index (χ0v) is 14.9. The van der Waals surface area contributed by atoms with Gasteiger partial charge in [-0.1, -0.05) is 34.5 Å². The number of nitrogen functional groups attached to an aromatic ring is 1. The highest BCUT2D eigenvalue weighted by atomic mass is 35.5. The number of carbonyl (C=O) groups excluding carboxylic acids is 1. The first kappa shape index (κ1) is 16.8. The van der Waals surface area contributed by atoms with E-state index in [1.54, 1.807) is 37.3 Å². The van der Waals surface area contributed by atoms with Crippen LogP contribution in [0.15, 0.2) is 36.4 Å². The van der Waals surface area contributed by atoms with Crippen LogP contribution in [-0.2, 0) is 4.79 Å². The molecule has 124 valence electrons. The van der Waals surface area contributed by atoms with Crippen LogP contribution in [0, 0.1) is 0 Å². The Morgan fingerprint density at radius 1 is 1.29 bits per heavy atom. The second-order valence-electron chi connectivity index (χ2n) is 5.06. The van der Waals surface area contributed by atoms with Gasteiger partial charge in [-0.3, -0.25) is 4.79 Å². The predicted octanol–water partition coefficient (Wildman–Crippen LogP) is 4.59. The van der Waals surface area contributed by atoms with Gasteiger partial charge in [-0.25, -0.2) is 4.98 Å². The molecule has 0 bridgehead atoms. The molecule has 3 rings (SSSR count). The van der Waals surface area contributed by atoms with E-state index in [-0.39, 0.29) is 5.91 Å². The molecule has 1 heterocycles. The monoisotopic (exact) mass is 381 g/mol. The number of anilines is 2. The summed E-state index contributed by atoms with van der Waals surface area (Å²) < 4.78 is 6.50. The van der Waals surface area contributed by atoms with E-state index >= 15 is 0 Å². The first-order valence-corrected chi connectivity index (χ1v) is 8.58. The van der Waals surface area contributed by atoms with Crippen molar-refractivity contribution in [2.45, 2.75) is 13.0 Å². The van der Waals surface area contributed by atoms with Gasteiger partial charge in [0.15, 0.2) is 11.2 Å². The standard InChI is InChI=1S/C16H13Cl2N3O2S/c1-8(23-13-5-2-9(17)6-11(13)18)15(22)20-10-3-4-12-14(7-10)24-16(19)21-12/h2-8H,1H3,(H2,19,21)(H,20,22). The average Bonchev–Trinajstić information content (AvgIpc) is 2.89. The third-order valence-electron chi connectivity index (χ3n) is 3.24. The Labute approximate surface area is 152 Å². The van der Waals surface area contributed by atoms with Crippen LogP contribution in [0.2, 0.25) is 10.0 Å².